The highest BCUT2D eigenvalue weighted by atomic mass is 35.5. The van der Waals surface area contributed by atoms with Crippen molar-refractivity contribution in [2.75, 3.05) is 42.9 Å². The summed E-state index contributed by atoms with van der Waals surface area (Å²) in [6.07, 6.45) is -4.68. The van der Waals surface area contributed by atoms with Gasteiger partial charge in [0.1, 0.15) is 16.7 Å². The lowest BCUT2D eigenvalue weighted by atomic mass is 10.1. The molecule has 2 heterocycles. The highest BCUT2D eigenvalue weighted by Gasteiger charge is 2.34. The number of rotatable bonds is 6. The van der Waals surface area contributed by atoms with Crippen LogP contribution < -0.4 is 10.2 Å². The molecule has 0 bridgehead atoms. The number of nitrogens with zero attached hydrogens (tertiary/aromatic N) is 5. The standard InChI is InChI=1S/C23H20ClF3N6O3/c24-19-13-20(30-22(28-19)15-4-2-1-3-5-15)29-21(34)14-31-8-10-32(11-9-31)17-7-6-16(23(25,26)27)12-18(17)33(35)36/h1-7,12-13H,8-11,14H2,(H,28,29,30,34). The molecule has 0 spiro atoms. The number of halogens is 4. The van der Waals surface area contributed by atoms with E-state index >= 15 is 0 Å². The minimum absolute atomic E-state index is 0.0330. The topological polar surface area (TPSA) is 104 Å². The van der Waals surface area contributed by atoms with Crippen LogP contribution in [0.1, 0.15) is 5.56 Å². The van der Waals surface area contributed by atoms with Crippen LogP contribution in [0, 0.1) is 10.1 Å². The third-order valence-electron chi connectivity index (χ3n) is 5.57. The Labute approximate surface area is 208 Å². The molecule has 1 aromatic heterocycles. The third kappa shape index (κ3) is 6.07. The molecule has 0 atom stereocenters. The van der Waals surface area contributed by atoms with Gasteiger partial charge in [-0.05, 0) is 12.1 Å². The van der Waals surface area contributed by atoms with Gasteiger partial charge in [0.25, 0.3) is 5.69 Å². The van der Waals surface area contributed by atoms with Crippen molar-refractivity contribution in [3.05, 3.63) is 75.4 Å². The largest absolute Gasteiger partial charge is 0.416 e. The number of alkyl halides is 3. The second-order valence-corrected chi connectivity index (χ2v) is 8.42. The molecule has 188 valence electrons. The number of anilines is 2. The first-order valence-corrected chi connectivity index (χ1v) is 11.2. The summed E-state index contributed by atoms with van der Waals surface area (Å²) in [5, 5.41) is 14.3. The molecule has 0 unspecified atom stereocenters. The zero-order chi connectivity index (χ0) is 25.9. The molecule has 1 fully saturated rings. The number of piperazine rings is 1. The molecule has 1 aliphatic heterocycles. The second kappa shape index (κ2) is 10.5. The summed E-state index contributed by atoms with van der Waals surface area (Å²) in [4.78, 5) is 35.2. The molecule has 1 amide bonds. The fourth-order valence-electron chi connectivity index (χ4n) is 3.84. The molecule has 3 aromatic rings. The summed E-state index contributed by atoms with van der Waals surface area (Å²) in [5.74, 6) is 0.278. The van der Waals surface area contributed by atoms with E-state index in [9.17, 15) is 28.1 Å². The molecule has 1 aliphatic rings. The molecule has 0 aliphatic carbocycles. The monoisotopic (exact) mass is 520 g/mol. The van der Waals surface area contributed by atoms with Gasteiger partial charge in [-0.15, -0.1) is 0 Å². The van der Waals surface area contributed by atoms with Gasteiger partial charge in [-0.3, -0.25) is 19.8 Å². The number of aromatic nitrogens is 2. The Kier molecular flexibility index (Phi) is 7.36. The second-order valence-electron chi connectivity index (χ2n) is 8.04. The summed E-state index contributed by atoms with van der Waals surface area (Å²) in [7, 11) is 0. The molecule has 36 heavy (non-hydrogen) atoms. The Bertz CT molecular complexity index is 1270. The van der Waals surface area contributed by atoms with E-state index in [1.54, 1.807) is 4.90 Å². The number of nitro groups is 1. The molecule has 0 radical (unpaired) electrons. The molecule has 9 nitrogen and oxygen atoms in total. The predicted molar refractivity (Wildman–Crippen MR) is 128 cm³/mol. The zero-order valence-corrected chi connectivity index (χ0v) is 19.5. The SMILES string of the molecule is O=C(CN1CCN(c2ccc(C(F)(F)F)cc2[N+](=O)[O-])CC1)Nc1cc(Cl)nc(-c2ccccc2)n1. The van der Waals surface area contributed by atoms with Crippen molar-refractivity contribution in [3.8, 4) is 11.4 Å². The lowest BCUT2D eigenvalue weighted by Gasteiger charge is -2.35. The molecule has 1 saturated heterocycles. The average Bonchev–Trinajstić information content (AvgIpc) is 2.83. The molecule has 1 N–H and O–H groups in total. The maximum atomic E-state index is 13.0. The summed E-state index contributed by atoms with van der Waals surface area (Å²) >= 11 is 6.09. The number of hydrogen-bond acceptors (Lipinski definition) is 7. The minimum atomic E-state index is -4.68. The lowest BCUT2D eigenvalue weighted by Crippen LogP contribution is -2.48. The summed E-state index contributed by atoms with van der Waals surface area (Å²) in [5.41, 5.74) is -0.829. The first-order chi connectivity index (χ1) is 17.1. The number of carbonyl (C=O) groups excluding carboxylic acids is 1. The number of carbonyl (C=O) groups is 1. The van der Waals surface area contributed by atoms with Crippen molar-refractivity contribution in [2.45, 2.75) is 6.18 Å². The fourth-order valence-corrected chi connectivity index (χ4v) is 4.03. The van der Waals surface area contributed by atoms with Gasteiger partial charge >= 0.3 is 6.18 Å². The number of nitro benzene ring substituents is 1. The van der Waals surface area contributed by atoms with Gasteiger partial charge in [0.05, 0.1) is 17.0 Å². The van der Waals surface area contributed by atoms with E-state index in [2.05, 4.69) is 15.3 Å². The van der Waals surface area contributed by atoms with Gasteiger partial charge in [-0.2, -0.15) is 13.2 Å². The van der Waals surface area contributed by atoms with Crippen molar-refractivity contribution in [1.82, 2.24) is 14.9 Å². The molecular formula is C23H20ClF3N6O3. The van der Waals surface area contributed by atoms with E-state index in [1.807, 2.05) is 35.2 Å². The quantitative estimate of drug-likeness (QED) is 0.290. The van der Waals surface area contributed by atoms with Crippen molar-refractivity contribution in [1.29, 1.82) is 0 Å². The van der Waals surface area contributed by atoms with Crippen LogP contribution in [0.15, 0.2) is 54.6 Å². The summed E-state index contributed by atoms with van der Waals surface area (Å²) < 4.78 is 38.9. The molecule has 2 aromatic carbocycles. The number of benzene rings is 2. The van der Waals surface area contributed by atoms with Crippen LogP contribution in [0.5, 0.6) is 0 Å². The highest BCUT2D eigenvalue weighted by Crippen LogP contribution is 2.36. The average molecular weight is 521 g/mol. The van der Waals surface area contributed by atoms with E-state index in [0.717, 1.165) is 17.7 Å². The first kappa shape index (κ1) is 25.3. The normalized spacial score (nSPS) is 14.5. The Hall–Kier alpha value is -3.77. The summed E-state index contributed by atoms with van der Waals surface area (Å²) in [6, 6.07) is 13.1. The van der Waals surface area contributed by atoms with Gasteiger partial charge in [-0.25, -0.2) is 9.97 Å². The van der Waals surface area contributed by atoms with Crippen LogP contribution in [-0.4, -0.2) is 58.4 Å². The smallest absolute Gasteiger partial charge is 0.363 e. The van der Waals surface area contributed by atoms with Gasteiger partial charge in [0.15, 0.2) is 5.82 Å². The summed E-state index contributed by atoms with van der Waals surface area (Å²) in [6.45, 7) is 1.40. The lowest BCUT2D eigenvalue weighted by molar-refractivity contribution is -0.384. The fraction of sp³-hybridized carbons (Fsp3) is 0.261. The molecular weight excluding hydrogens is 501 g/mol. The molecule has 0 saturated carbocycles. The maximum Gasteiger partial charge on any atom is 0.416 e. The van der Waals surface area contributed by atoms with E-state index < -0.39 is 22.4 Å². The number of nitrogens with one attached hydrogen (secondary N) is 1. The van der Waals surface area contributed by atoms with Crippen molar-refractivity contribution in [3.63, 3.8) is 0 Å². The molecule has 13 heteroatoms. The molecule has 4 rings (SSSR count). The minimum Gasteiger partial charge on any atom is -0.363 e. The van der Waals surface area contributed by atoms with Gasteiger partial charge in [0, 0.05) is 43.9 Å². The predicted octanol–water partition coefficient (Wildman–Crippen LogP) is 4.48. The number of amides is 1. The first-order valence-electron chi connectivity index (χ1n) is 10.8. The van der Waals surface area contributed by atoms with Crippen LogP contribution in [0.4, 0.5) is 30.4 Å². The zero-order valence-electron chi connectivity index (χ0n) is 18.7. The van der Waals surface area contributed by atoms with Crippen LogP contribution >= 0.6 is 11.6 Å². The van der Waals surface area contributed by atoms with E-state index in [-0.39, 0.29) is 29.1 Å². The van der Waals surface area contributed by atoms with Crippen molar-refractivity contribution >= 4 is 34.7 Å². The van der Waals surface area contributed by atoms with Crippen LogP contribution in [0.2, 0.25) is 5.15 Å². The Morgan fingerprint density at radius 3 is 2.39 bits per heavy atom. The van der Waals surface area contributed by atoms with Crippen LogP contribution in [0.25, 0.3) is 11.4 Å². The Morgan fingerprint density at radius 2 is 1.75 bits per heavy atom. The van der Waals surface area contributed by atoms with Gasteiger partial charge < -0.3 is 10.2 Å². The Balaban J connectivity index is 1.37. The van der Waals surface area contributed by atoms with Crippen LogP contribution in [-0.2, 0) is 11.0 Å². The van der Waals surface area contributed by atoms with Crippen molar-refractivity contribution in [2.24, 2.45) is 0 Å². The van der Waals surface area contributed by atoms with E-state index in [1.165, 1.54) is 6.07 Å². The Morgan fingerprint density at radius 1 is 1.06 bits per heavy atom. The highest BCUT2D eigenvalue weighted by molar-refractivity contribution is 6.29. The van der Waals surface area contributed by atoms with Crippen molar-refractivity contribution < 1.29 is 22.9 Å². The van der Waals surface area contributed by atoms with E-state index in [4.69, 9.17) is 11.6 Å². The number of hydrogen-bond donors (Lipinski definition) is 1. The maximum absolute atomic E-state index is 13.0. The van der Waals surface area contributed by atoms with E-state index in [0.29, 0.717) is 38.1 Å². The van der Waals surface area contributed by atoms with Gasteiger partial charge in [-0.1, -0.05) is 41.9 Å². The van der Waals surface area contributed by atoms with Crippen LogP contribution in [0.3, 0.4) is 0 Å². The third-order valence-corrected chi connectivity index (χ3v) is 5.77. The van der Waals surface area contributed by atoms with Gasteiger partial charge in [0.2, 0.25) is 5.91 Å².